The number of amides is 2. The van der Waals surface area contributed by atoms with Crippen LogP contribution >= 0.6 is 15.9 Å². The average Bonchev–Trinajstić information content (AvgIpc) is 2.27. The van der Waals surface area contributed by atoms with Crippen molar-refractivity contribution in [2.45, 2.75) is 26.8 Å². The van der Waals surface area contributed by atoms with E-state index in [4.69, 9.17) is 0 Å². The molecule has 0 radical (unpaired) electrons. The van der Waals surface area contributed by atoms with Crippen molar-refractivity contribution in [3.63, 3.8) is 0 Å². The van der Waals surface area contributed by atoms with E-state index >= 15 is 0 Å². The first-order valence-electron chi connectivity index (χ1n) is 5.79. The van der Waals surface area contributed by atoms with Gasteiger partial charge < -0.3 is 10.6 Å². The molecule has 0 saturated carbocycles. The Bertz CT molecular complexity index is 362. The molecule has 17 heavy (non-hydrogen) atoms. The van der Waals surface area contributed by atoms with E-state index in [1.54, 1.807) is 0 Å². The second-order valence-electron chi connectivity index (χ2n) is 4.52. The molecule has 1 atom stereocenters. The molecule has 1 aromatic rings. The van der Waals surface area contributed by atoms with Gasteiger partial charge in [0.25, 0.3) is 0 Å². The minimum absolute atomic E-state index is 0.00950. The molecular formula is C13H19BrN2O. The van der Waals surface area contributed by atoms with Crippen LogP contribution in [0.15, 0.2) is 28.7 Å². The van der Waals surface area contributed by atoms with Crippen molar-refractivity contribution in [2.24, 2.45) is 5.92 Å². The Morgan fingerprint density at radius 3 is 2.35 bits per heavy atom. The van der Waals surface area contributed by atoms with Crippen LogP contribution in [0.2, 0.25) is 0 Å². The van der Waals surface area contributed by atoms with Crippen molar-refractivity contribution in [3.05, 3.63) is 34.3 Å². The zero-order valence-electron chi connectivity index (χ0n) is 10.5. The lowest BCUT2D eigenvalue weighted by Gasteiger charge is -2.16. The number of nitrogens with one attached hydrogen (secondary N) is 2. The summed E-state index contributed by atoms with van der Waals surface area (Å²) in [6.45, 7) is 6.80. The van der Waals surface area contributed by atoms with Gasteiger partial charge in [-0.15, -0.1) is 0 Å². The molecule has 0 saturated heterocycles. The lowest BCUT2D eigenvalue weighted by molar-refractivity contribution is 0.236. The molecule has 2 amide bonds. The Hall–Kier alpha value is -1.03. The fraction of sp³-hybridized carbons (Fsp3) is 0.462. The summed E-state index contributed by atoms with van der Waals surface area (Å²) in [6.07, 6.45) is 0. The molecule has 0 aromatic heterocycles. The van der Waals surface area contributed by atoms with Crippen molar-refractivity contribution in [1.29, 1.82) is 0 Å². The molecule has 0 aliphatic carbocycles. The Morgan fingerprint density at radius 2 is 1.82 bits per heavy atom. The maximum Gasteiger partial charge on any atom is 0.315 e. The number of benzene rings is 1. The van der Waals surface area contributed by atoms with E-state index in [-0.39, 0.29) is 12.1 Å². The van der Waals surface area contributed by atoms with Gasteiger partial charge in [-0.05, 0) is 30.5 Å². The molecule has 3 nitrogen and oxygen atoms in total. The summed E-state index contributed by atoms with van der Waals surface area (Å²) in [6, 6.07) is 7.83. The van der Waals surface area contributed by atoms with Crippen LogP contribution < -0.4 is 10.6 Å². The predicted octanol–water partition coefficient (Wildman–Crippen LogP) is 3.47. The summed E-state index contributed by atoms with van der Waals surface area (Å²) < 4.78 is 1.04. The van der Waals surface area contributed by atoms with Gasteiger partial charge in [0, 0.05) is 11.0 Å². The van der Waals surface area contributed by atoms with Crippen LogP contribution in [0.25, 0.3) is 0 Å². The molecule has 94 valence electrons. The number of hydrogen-bond donors (Lipinski definition) is 2. The number of halogens is 1. The molecule has 1 rings (SSSR count). The van der Waals surface area contributed by atoms with Gasteiger partial charge in [0.05, 0.1) is 6.04 Å². The molecule has 0 fully saturated rings. The van der Waals surface area contributed by atoms with E-state index in [0.717, 1.165) is 10.0 Å². The Labute approximate surface area is 111 Å². The van der Waals surface area contributed by atoms with Gasteiger partial charge in [-0.2, -0.15) is 0 Å². The zero-order chi connectivity index (χ0) is 12.8. The highest BCUT2D eigenvalue weighted by Gasteiger charge is 2.08. The van der Waals surface area contributed by atoms with Gasteiger partial charge in [-0.25, -0.2) is 4.79 Å². The van der Waals surface area contributed by atoms with Gasteiger partial charge >= 0.3 is 6.03 Å². The SMILES string of the molecule is CC(C)CNC(=O)NC(C)c1ccc(Br)cc1. The zero-order valence-corrected chi connectivity index (χ0v) is 12.0. The van der Waals surface area contributed by atoms with Crippen LogP contribution in [0.4, 0.5) is 4.79 Å². The molecule has 1 aromatic carbocycles. The first-order chi connectivity index (χ1) is 7.99. The highest BCUT2D eigenvalue weighted by molar-refractivity contribution is 9.10. The fourth-order valence-electron chi connectivity index (χ4n) is 1.38. The number of carbonyl (C=O) groups is 1. The highest BCUT2D eigenvalue weighted by atomic mass is 79.9. The van der Waals surface area contributed by atoms with Crippen LogP contribution in [0, 0.1) is 5.92 Å². The molecule has 0 aliphatic rings. The number of rotatable bonds is 4. The first-order valence-corrected chi connectivity index (χ1v) is 6.58. The van der Waals surface area contributed by atoms with Crippen molar-refractivity contribution in [1.82, 2.24) is 10.6 Å². The second-order valence-corrected chi connectivity index (χ2v) is 5.44. The van der Waals surface area contributed by atoms with Crippen LogP contribution in [-0.4, -0.2) is 12.6 Å². The Balaban J connectivity index is 2.46. The maximum absolute atomic E-state index is 11.6. The van der Waals surface area contributed by atoms with Crippen molar-refractivity contribution < 1.29 is 4.79 Å². The van der Waals surface area contributed by atoms with Crippen molar-refractivity contribution >= 4 is 22.0 Å². The van der Waals surface area contributed by atoms with Gasteiger partial charge in [-0.3, -0.25) is 0 Å². The lowest BCUT2D eigenvalue weighted by atomic mass is 10.1. The Morgan fingerprint density at radius 1 is 1.24 bits per heavy atom. The molecule has 1 unspecified atom stereocenters. The van der Waals surface area contributed by atoms with E-state index in [1.165, 1.54) is 0 Å². The van der Waals surface area contributed by atoms with E-state index in [1.807, 2.05) is 31.2 Å². The number of carbonyl (C=O) groups excluding carboxylic acids is 1. The predicted molar refractivity (Wildman–Crippen MR) is 73.9 cm³/mol. The number of urea groups is 1. The molecule has 0 heterocycles. The molecule has 0 spiro atoms. The van der Waals surface area contributed by atoms with E-state index < -0.39 is 0 Å². The third kappa shape index (κ3) is 5.22. The van der Waals surface area contributed by atoms with E-state index in [9.17, 15) is 4.79 Å². The van der Waals surface area contributed by atoms with Crippen molar-refractivity contribution in [2.75, 3.05) is 6.54 Å². The quantitative estimate of drug-likeness (QED) is 0.878. The van der Waals surface area contributed by atoms with Gasteiger partial charge in [0.1, 0.15) is 0 Å². The summed E-state index contributed by atoms with van der Waals surface area (Å²) >= 11 is 3.39. The topological polar surface area (TPSA) is 41.1 Å². The number of hydrogen-bond acceptors (Lipinski definition) is 1. The van der Waals surface area contributed by atoms with Crippen LogP contribution in [0.3, 0.4) is 0 Å². The normalized spacial score (nSPS) is 12.3. The summed E-state index contributed by atoms with van der Waals surface area (Å²) in [4.78, 5) is 11.6. The molecular weight excluding hydrogens is 280 g/mol. The smallest absolute Gasteiger partial charge is 0.315 e. The van der Waals surface area contributed by atoms with E-state index in [0.29, 0.717) is 12.5 Å². The van der Waals surface area contributed by atoms with Crippen LogP contribution in [0.5, 0.6) is 0 Å². The minimum Gasteiger partial charge on any atom is -0.338 e. The molecule has 0 bridgehead atoms. The Kier molecular flexibility index (Phi) is 5.48. The van der Waals surface area contributed by atoms with Crippen LogP contribution in [0.1, 0.15) is 32.4 Å². The van der Waals surface area contributed by atoms with E-state index in [2.05, 4.69) is 40.4 Å². The average molecular weight is 299 g/mol. The summed E-state index contributed by atoms with van der Waals surface area (Å²) in [5.41, 5.74) is 1.09. The highest BCUT2D eigenvalue weighted by Crippen LogP contribution is 2.16. The van der Waals surface area contributed by atoms with Crippen molar-refractivity contribution in [3.8, 4) is 0 Å². The van der Waals surface area contributed by atoms with Gasteiger partial charge in [0.2, 0.25) is 0 Å². The fourth-order valence-corrected chi connectivity index (χ4v) is 1.64. The summed E-state index contributed by atoms with van der Waals surface area (Å²) in [5.74, 6) is 0.462. The standard InChI is InChI=1S/C13H19BrN2O/c1-9(2)8-15-13(17)16-10(3)11-4-6-12(14)7-5-11/h4-7,9-10H,8H2,1-3H3,(H2,15,16,17). The molecule has 2 N–H and O–H groups in total. The second kappa shape index (κ2) is 6.64. The van der Waals surface area contributed by atoms with Gasteiger partial charge in [-0.1, -0.05) is 41.9 Å². The summed E-state index contributed by atoms with van der Waals surface area (Å²) in [7, 11) is 0. The maximum atomic E-state index is 11.6. The monoisotopic (exact) mass is 298 g/mol. The minimum atomic E-state index is -0.117. The third-order valence-corrected chi connectivity index (χ3v) is 2.92. The largest absolute Gasteiger partial charge is 0.338 e. The molecule has 4 heteroatoms. The lowest BCUT2D eigenvalue weighted by Crippen LogP contribution is -2.38. The van der Waals surface area contributed by atoms with Gasteiger partial charge in [0.15, 0.2) is 0 Å². The molecule has 0 aliphatic heterocycles. The summed E-state index contributed by atoms with van der Waals surface area (Å²) in [5, 5.41) is 5.74. The third-order valence-electron chi connectivity index (χ3n) is 2.39. The van der Waals surface area contributed by atoms with Crippen LogP contribution in [-0.2, 0) is 0 Å². The first kappa shape index (κ1) is 14.0.